The number of aromatic hydroxyl groups is 1. The molecule has 1 aromatic carbocycles. The maximum atomic E-state index is 11.8. The second kappa shape index (κ2) is 5.27. The highest BCUT2D eigenvalue weighted by atomic mass is 16.4. The summed E-state index contributed by atoms with van der Waals surface area (Å²) >= 11 is 0. The molecule has 0 spiro atoms. The number of carbonyl (C=O) groups is 2. The maximum Gasteiger partial charge on any atom is 0.339 e. The highest BCUT2D eigenvalue weighted by molar-refractivity contribution is 6.04. The molecule has 7 nitrogen and oxygen atoms in total. The van der Waals surface area contributed by atoms with Crippen molar-refractivity contribution in [3.63, 3.8) is 0 Å². The quantitative estimate of drug-likeness (QED) is 0.666. The zero-order valence-electron chi connectivity index (χ0n) is 10.1. The number of nitrogens with one attached hydrogen (secondary N) is 2. The third-order valence-electron chi connectivity index (χ3n) is 2.55. The van der Waals surface area contributed by atoms with Crippen molar-refractivity contribution >= 4 is 17.6 Å². The number of carboxylic acid groups (broad SMARTS) is 1. The predicted octanol–water partition coefficient (Wildman–Crippen LogP) is 1.03. The predicted molar refractivity (Wildman–Crippen MR) is 70.1 cm³/mol. The first-order chi connectivity index (χ1) is 9.49. The molecule has 0 fully saturated rings. The average Bonchev–Trinajstić information content (AvgIpc) is 2.38. The van der Waals surface area contributed by atoms with Crippen LogP contribution in [-0.4, -0.2) is 27.1 Å². The van der Waals surface area contributed by atoms with Crippen molar-refractivity contribution in [1.29, 1.82) is 0 Å². The molecule has 0 bridgehead atoms. The van der Waals surface area contributed by atoms with Crippen LogP contribution in [0.15, 0.2) is 41.5 Å². The number of pyridine rings is 1. The van der Waals surface area contributed by atoms with E-state index in [4.69, 9.17) is 5.11 Å². The first kappa shape index (κ1) is 13.3. The molecule has 2 aromatic rings. The van der Waals surface area contributed by atoms with Gasteiger partial charge in [0.1, 0.15) is 16.9 Å². The first-order valence-corrected chi connectivity index (χ1v) is 5.54. The van der Waals surface area contributed by atoms with Crippen LogP contribution in [0.5, 0.6) is 5.75 Å². The number of carbonyl (C=O) groups excluding carboxylic acids is 1. The number of aromatic nitrogens is 1. The average molecular weight is 274 g/mol. The Labute approximate surface area is 112 Å². The fraction of sp³-hybridized carbons (Fsp3) is 0. The number of carboxylic acids is 1. The Hall–Kier alpha value is -3.09. The number of H-pyrrole nitrogens is 1. The number of hydrogen-bond acceptors (Lipinski definition) is 4. The van der Waals surface area contributed by atoms with Crippen LogP contribution >= 0.6 is 0 Å². The molecule has 2 rings (SSSR count). The molecule has 0 saturated heterocycles. The van der Waals surface area contributed by atoms with Gasteiger partial charge in [-0.25, -0.2) is 4.79 Å². The van der Waals surface area contributed by atoms with Crippen LogP contribution in [0.3, 0.4) is 0 Å². The summed E-state index contributed by atoms with van der Waals surface area (Å²) in [5, 5.41) is 20.7. The molecule has 20 heavy (non-hydrogen) atoms. The van der Waals surface area contributed by atoms with Crippen molar-refractivity contribution in [3.05, 3.63) is 58.0 Å². The van der Waals surface area contributed by atoms with Crippen LogP contribution in [0.1, 0.15) is 20.7 Å². The molecule has 102 valence electrons. The van der Waals surface area contributed by atoms with E-state index in [2.05, 4.69) is 10.3 Å². The van der Waals surface area contributed by atoms with Crippen LogP contribution in [-0.2, 0) is 0 Å². The third kappa shape index (κ3) is 2.66. The lowest BCUT2D eigenvalue weighted by Gasteiger charge is -2.06. The van der Waals surface area contributed by atoms with E-state index >= 15 is 0 Å². The molecule has 0 radical (unpaired) electrons. The number of anilines is 1. The van der Waals surface area contributed by atoms with Crippen LogP contribution < -0.4 is 10.7 Å². The van der Waals surface area contributed by atoms with E-state index in [-0.39, 0.29) is 16.8 Å². The number of aromatic carboxylic acids is 1. The van der Waals surface area contributed by atoms with E-state index in [1.165, 1.54) is 24.5 Å². The second-order valence-corrected chi connectivity index (χ2v) is 3.91. The zero-order valence-corrected chi connectivity index (χ0v) is 10.1. The van der Waals surface area contributed by atoms with Crippen LogP contribution in [0.25, 0.3) is 0 Å². The van der Waals surface area contributed by atoms with Gasteiger partial charge in [-0.15, -0.1) is 0 Å². The molecule has 7 heteroatoms. The second-order valence-electron chi connectivity index (χ2n) is 3.91. The summed E-state index contributed by atoms with van der Waals surface area (Å²) in [6.07, 6.45) is 2.65. The van der Waals surface area contributed by atoms with Crippen molar-refractivity contribution in [3.8, 4) is 5.75 Å². The van der Waals surface area contributed by atoms with Gasteiger partial charge in [-0.1, -0.05) is 0 Å². The lowest BCUT2D eigenvalue weighted by Crippen LogP contribution is -2.20. The molecule has 0 saturated carbocycles. The normalized spacial score (nSPS) is 10.0. The molecule has 1 amide bonds. The number of phenols is 1. The third-order valence-corrected chi connectivity index (χ3v) is 2.55. The largest absolute Gasteiger partial charge is 0.507 e. The summed E-state index contributed by atoms with van der Waals surface area (Å²) in [5.41, 5.74) is -0.636. The van der Waals surface area contributed by atoms with Crippen molar-refractivity contribution in [2.75, 3.05) is 5.32 Å². The molecule has 4 N–H and O–H groups in total. The number of amides is 1. The summed E-state index contributed by atoms with van der Waals surface area (Å²) in [5.74, 6) is -2.41. The molecule has 0 atom stereocenters. The Bertz CT molecular complexity index is 736. The highest BCUT2D eigenvalue weighted by Crippen LogP contribution is 2.22. The van der Waals surface area contributed by atoms with Crippen LogP contribution in [0.4, 0.5) is 5.69 Å². The van der Waals surface area contributed by atoms with Gasteiger partial charge in [0, 0.05) is 30.2 Å². The van der Waals surface area contributed by atoms with E-state index in [0.29, 0.717) is 0 Å². The molecule has 0 aliphatic rings. The highest BCUT2D eigenvalue weighted by Gasteiger charge is 2.13. The van der Waals surface area contributed by atoms with Crippen molar-refractivity contribution in [1.82, 2.24) is 4.98 Å². The topological polar surface area (TPSA) is 119 Å². The van der Waals surface area contributed by atoms with Gasteiger partial charge >= 0.3 is 5.97 Å². The van der Waals surface area contributed by atoms with E-state index in [9.17, 15) is 19.5 Å². The van der Waals surface area contributed by atoms with Crippen LogP contribution in [0.2, 0.25) is 0 Å². The van der Waals surface area contributed by atoms with Crippen molar-refractivity contribution < 1.29 is 19.8 Å². The monoisotopic (exact) mass is 274 g/mol. The smallest absolute Gasteiger partial charge is 0.339 e. The Morgan fingerprint density at radius 1 is 1.15 bits per heavy atom. The molecular formula is C13H10N2O5. The van der Waals surface area contributed by atoms with Gasteiger partial charge in [-0.3, -0.25) is 9.59 Å². The van der Waals surface area contributed by atoms with Gasteiger partial charge in [0.15, 0.2) is 5.43 Å². The summed E-state index contributed by atoms with van der Waals surface area (Å²) in [6, 6.07) is 4.78. The number of hydrogen-bond donors (Lipinski definition) is 4. The summed E-state index contributed by atoms with van der Waals surface area (Å²) < 4.78 is 0. The summed E-state index contributed by atoms with van der Waals surface area (Å²) in [7, 11) is 0. The lowest BCUT2D eigenvalue weighted by atomic mass is 10.1. The minimum atomic E-state index is -1.28. The number of rotatable bonds is 3. The Morgan fingerprint density at radius 3 is 2.50 bits per heavy atom. The summed E-state index contributed by atoms with van der Waals surface area (Å²) in [6.45, 7) is 0. The lowest BCUT2D eigenvalue weighted by molar-refractivity contribution is 0.0693. The van der Waals surface area contributed by atoms with Gasteiger partial charge in [0.25, 0.3) is 5.91 Å². The zero-order chi connectivity index (χ0) is 14.7. The number of aromatic amines is 1. The van der Waals surface area contributed by atoms with E-state index < -0.39 is 23.1 Å². The van der Waals surface area contributed by atoms with Gasteiger partial charge in [-0.05, 0) is 12.1 Å². The van der Waals surface area contributed by atoms with Gasteiger partial charge in [0.2, 0.25) is 0 Å². The molecule has 1 heterocycles. The standard InChI is InChI=1S/C13H10N2O5/c16-10-3-4-14-6-9(10)12(18)15-7-1-2-8(13(19)20)11(17)5-7/h1-6,17H,(H,14,16)(H,15,18)(H,19,20). The van der Waals surface area contributed by atoms with E-state index in [0.717, 1.165) is 12.1 Å². The minimum absolute atomic E-state index is 0.0886. The van der Waals surface area contributed by atoms with Gasteiger partial charge in [-0.2, -0.15) is 0 Å². The maximum absolute atomic E-state index is 11.8. The Balaban J connectivity index is 2.25. The van der Waals surface area contributed by atoms with Gasteiger partial charge in [0.05, 0.1) is 0 Å². The molecule has 0 aliphatic heterocycles. The Morgan fingerprint density at radius 2 is 1.90 bits per heavy atom. The van der Waals surface area contributed by atoms with Crippen LogP contribution in [0, 0.1) is 0 Å². The SMILES string of the molecule is O=C(O)c1ccc(NC(=O)c2c[nH]ccc2=O)cc1O. The summed E-state index contributed by atoms with van der Waals surface area (Å²) in [4.78, 5) is 36.6. The van der Waals surface area contributed by atoms with E-state index in [1.807, 2.05) is 0 Å². The van der Waals surface area contributed by atoms with Gasteiger partial charge < -0.3 is 20.5 Å². The molecular weight excluding hydrogens is 264 g/mol. The molecule has 0 unspecified atom stereocenters. The molecule has 1 aromatic heterocycles. The first-order valence-electron chi connectivity index (χ1n) is 5.54. The minimum Gasteiger partial charge on any atom is -0.507 e. The van der Waals surface area contributed by atoms with Crippen molar-refractivity contribution in [2.24, 2.45) is 0 Å². The fourth-order valence-electron chi connectivity index (χ4n) is 1.58. The number of benzene rings is 1. The molecule has 0 aliphatic carbocycles. The fourth-order valence-corrected chi connectivity index (χ4v) is 1.58. The Kier molecular flexibility index (Phi) is 3.52. The van der Waals surface area contributed by atoms with E-state index in [1.54, 1.807) is 0 Å². The van der Waals surface area contributed by atoms with Crippen molar-refractivity contribution in [2.45, 2.75) is 0 Å².